The normalized spacial score (nSPS) is 13.8. The Bertz CT molecular complexity index is 862. The summed E-state index contributed by atoms with van der Waals surface area (Å²) >= 11 is 0. The Labute approximate surface area is 164 Å². The number of amides is 1. The smallest absolute Gasteiger partial charge is 0.341 e. The zero-order valence-electron chi connectivity index (χ0n) is 16.3. The molecule has 28 heavy (non-hydrogen) atoms. The molecule has 7 heteroatoms. The third-order valence-electron chi connectivity index (χ3n) is 4.75. The first-order valence-electron chi connectivity index (χ1n) is 9.03. The molecule has 0 N–H and O–H groups in total. The Hall–Kier alpha value is -3.06. The van der Waals surface area contributed by atoms with Crippen molar-refractivity contribution in [3.8, 4) is 5.75 Å². The maximum Gasteiger partial charge on any atom is 0.341 e. The number of anilines is 2. The molecule has 7 nitrogen and oxygen atoms in total. The lowest BCUT2D eigenvalue weighted by Crippen LogP contribution is -2.38. The number of carbonyl (C=O) groups is 2. The molecule has 0 radical (unpaired) electrons. The standard InChI is InChI=1S/C21H24N2O5/c1-22(17-6-4-5-7-18(17)23-10-12-28-13-11-23)20(24)15-8-9-16(21(25)27-3)19(14-15)26-2/h4-9,14H,10-13H2,1-3H3. The molecule has 1 aliphatic rings. The minimum atomic E-state index is -0.512. The van der Waals surface area contributed by atoms with E-state index in [4.69, 9.17) is 14.2 Å². The van der Waals surface area contributed by atoms with E-state index < -0.39 is 5.97 Å². The van der Waals surface area contributed by atoms with E-state index in [0.717, 1.165) is 24.5 Å². The van der Waals surface area contributed by atoms with Crippen LogP contribution in [0.2, 0.25) is 0 Å². The summed E-state index contributed by atoms with van der Waals surface area (Å²) in [6, 6.07) is 12.5. The van der Waals surface area contributed by atoms with E-state index in [0.29, 0.717) is 24.5 Å². The zero-order chi connectivity index (χ0) is 20.1. The van der Waals surface area contributed by atoms with Gasteiger partial charge in [-0.25, -0.2) is 4.79 Å². The fourth-order valence-electron chi connectivity index (χ4n) is 3.23. The molecule has 1 saturated heterocycles. The molecule has 148 valence electrons. The molecule has 1 heterocycles. The number of benzene rings is 2. The van der Waals surface area contributed by atoms with Crippen molar-refractivity contribution in [2.45, 2.75) is 0 Å². The Morgan fingerprint density at radius 2 is 1.79 bits per heavy atom. The molecular weight excluding hydrogens is 360 g/mol. The second-order valence-corrected chi connectivity index (χ2v) is 6.36. The highest BCUT2D eigenvalue weighted by Gasteiger charge is 2.22. The van der Waals surface area contributed by atoms with E-state index in [9.17, 15) is 9.59 Å². The number of nitrogens with zero attached hydrogens (tertiary/aromatic N) is 2. The minimum Gasteiger partial charge on any atom is -0.496 e. The summed E-state index contributed by atoms with van der Waals surface area (Å²) in [4.78, 5) is 28.8. The number of para-hydroxylation sites is 2. The Morgan fingerprint density at radius 1 is 1.07 bits per heavy atom. The molecule has 2 aromatic carbocycles. The molecule has 1 amide bonds. The molecule has 0 aromatic heterocycles. The Morgan fingerprint density at radius 3 is 2.46 bits per heavy atom. The van der Waals surface area contributed by atoms with Crippen molar-refractivity contribution in [2.24, 2.45) is 0 Å². The first kappa shape index (κ1) is 19.7. The van der Waals surface area contributed by atoms with E-state index in [1.54, 1.807) is 30.1 Å². The number of esters is 1. The molecule has 0 aliphatic carbocycles. The van der Waals surface area contributed by atoms with Gasteiger partial charge in [0.25, 0.3) is 5.91 Å². The fourth-order valence-corrected chi connectivity index (χ4v) is 3.23. The highest BCUT2D eigenvalue weighted by Crippen LogP contribution is 2.31. The number of methoxy groups -OCH3 is 2. The van der Waals surface area contributed by atoms with E-state index in [-0.39, 0.29) is 11.5 Å². The lowest BCUT2D eigenvalue weighted by atomic mass is 10.1. The van der Waals surface area contributed by atoms with Crippen LogP contribution in [0.3, 0.4) is 0 Å². The van der Waals surface area contributed by atoms with Crippen molar-refractivity contribution in [2.75, 3.05) is 57.4 Å². The number of hydrogen-bond acceptors (Lipinski definition) is 6. The predicted molar refractivity (Wildman–Crippen MR) is 107 cm³/mol. The van der Waals surface area contributed by atoms with Gasteiger partial charge < -0.3 is 24.0 Å². The van der Waals surface area contributed by atoms with Gasteiger partial charge >= 0.3 is 5.97 Å². The maximum atomic E-state index is 13.1. The van der Waals surface area contributed by atoms with Crippen LogP contribution in [0.4, 0.5) is 11.4 Å². The monoisotopic (exact) mass is 384 g/mol. The SMILES string of the molecule is COC(=O)c1ccc(C(=O)N(C)c2ccccc2N2CCOCC2)cc1OC. The topological polar surface area (TPSA) is 68.3 Å². The van der Waals surface area contributed by atoms with Crippen LogP contribution in [0.25, 0.3) is 0 Å². The molecular formula is C21H24N2O5. The van der Waals surface area contributed by atoms with Crippen LogP contribution < -0.4 is 14.5 Å². The van der Waals surface area contributed by atoms with Crippen molar-refractivity contribution in [3.05, 3.63) is 53.6 Å². The lowest BCUT2D eigenvalue weighted by molar-refractivity contribution is 0.0596. The summed E-state index contributed by atoms with van der Waals surface area (Å²) in [7, 11) is 4.49. The largest absolute Gasteiger partial charge is 0.496 e. The molecule has 0 spiro atoms. The lowest BCUT2D eigenvalue weighted by Gasteiger charge is -2.32. The molecule has 0 bridgehead atoms. The summed E-state index contributed by atoms with van der Waals surface area (Å²) in [5.74, 6) is -0.412. The van der Waals surface area contributed by atoms with Crippen molar-refractivity contribution >= 4 is 23.3 Å². The van der Waals surface area contributed by atoms with Gasteiger partial charge in [0.15, 0.2) is 0 Å². The van der Waals surface area contributed by atoms with Gasteiger partial charge in [0, 0.05) is 25.7 Å². The van der Waals surface area contributed by atoms with Crippen LogP contribution in [0.15, 0.2) is 42.5 Å². The molecule has 0 saturated carbocycles. The highest BCUT2D eigenvalue weighted by molar-refractivity contribution is 6.08. The second-order valence-electron chi connectivity index (χ2n) is 6.36. The summed E-state index contributed by atoms with van der Waals surface area (Å²) in [6.45, 7) is 2.89. The molecule has 0 unspecified atom stereocenters. The van der Waals surface area contributed by atoms with Crippen molar-refractivity contribution in [1.82, 2.24) is 0 Å². The summed E-state index contributed by atoms with van der Waals surface area (Å²) < 4.78 is 15.4. The average molecular weight is 384 g/mol. The third kappa shape index (κ3) is 3.94. The first-order chi connectivity index (χ1) is 13.6. The van der Waals surface area contributed by atoms with Crippen molar-refractivity contribution < 1.29 is 23.8 Å². The number of rotatable bonds is 5. The molecule has 0 atom stereocenters. The number of morpholine rings is 1. The van der Waals surface area contributed by atoms with Gasteiger partial charge in [0.1, 0.15) is 11.3 Å². The number of ether oxygens (including phenoxy) is 3. The van der Waals surface area contributed by atoms with Crippen LogP contribution in [0.1, 0.15) is 20.7 Å². The first-order valence-corrected chi connectivity index (χ1v) is 9.03. The summed E-state index contributed by atoms with van der Waals surface area (Å²) in [5, 5.41) is 0. The Balaban J connectivity index is 1.90. The molecule has 1 fully saturated rings. The molecule has 2 aromatic rings. The average Bonchev–Trinajstić information content (AvgIpc) is 2.77. The van der Waals surface area contributed by atoms with Crippen LogP contribution in [0.5, 0.6) is 5.75 Å². The van der Waals surface area contributed by atoms with Crippen LogP contribution in [-0.2, 0) is 9.47 Å². The quantitative estimate of drug-likeness (QED) is 0.738. The second kappa shape index (κ2) is 8.75. The third-order valence-corrected chi connectivity index (χ3v) is 4.75. The van der Waals surface area contributed by atoms with E-state index in [2.05, 4.69) is 4.90 Å². The zero-order valence-corrected chi connectivity index (χ0v) is 16.3. The van der Waals surface area contributed by atoms with Gasteiger partial charge in [-0.3, -0.25) is 4.79 Å². The maximum absolute atomic E-state index is 13.1. The highest BCUT2D eigenvalue weighted by atomic mass is 16.5. The van der Waals surface area contributed by atoms with Crippen LogP contribution in [0, 0.1) is 0 Å². The van der Waals surface area contributed by atoms with Gasteiger partial charge in [0.05, 0.1) is 38.8 Å². The van der Waals surface area contributed by atoms with Crippen LogP contribution in [-0.4, -0.2) is 59.4 Å². The van der Waals surface area contributed by atoms with Crippen molar-refractivity contribution in [3.63, 3.8) is 0 Å². The van der Waals surface area contributed by atoms with Gasteiger partial charge in [-0.05, 0) is 30.3 Å². The summed E-state index contributed by atoms with van der Waals surface area (Å²) in [6.07, 6.45) is 0. The molecule has 1 aliphatic heterocycles. The van der Waals surface area contributed by atoms with Gasteiger partial charge in [0.2, 0.25) is 0 Å². The van der Waals surface area contributed by atoms with Gasteiger partial charge in [-0.1, -0.05) is 12.1 Å². The number of hydrogen-bond donors (Lipinski definition) is 0. The van der Waals surface area contributed by atoms with Gasteiger partial charge in [-0.2, -0.15) is 0 Å². The van der Waals surface area contributed by atoms with Gasteiger partial charge in [-0.15, -0.1) is 0 Å². The molecule has 3 rings (SSSR count). The number of carbonyl (C=O) groups excluding carboxylic acids is 2. The Kier molecular flexibility index (Phi) is 6.16. The van der Waals surface area contributed by atoms with E-state index in [1.165, 1.54) is 14.2 Å². The van der Waals surface area contributed by atoms with E-state index in [1.807, 2.05) is 24.3 Å². The minimum absolute atomic E-state index is 0.199. The summed E-state index contributed by atoms with van der Waals surface area (Å²) in [5.41, 5.74) is 2.49. The predicted octanol–water partition coefficient (Wildman–Crippen LogP) is 2.60. The van der Waals surface area contributed by atoms with Crippen molar-refractivity contribution in [1.29, 1.82) is 0 Å². The van der Waals surface area contributed by atoms with Crippen LogP contribution >= 0.6 is 0 Å². The fraction of sp³-hybridized carbons (Fsp3) is 0.333. The van der Waals surface area contributed by atoms with E-state index >= 15 is 0 Å².